The molecule has 2 unspecified atom stereocenters. The summed E-state index contributed by atoms with van der Waals surface area (Å²) in [4.78, 5) is 4.63. The van der Waals surface area contributed by atoms with Crippen LogP contribution in [0.2, 0.25) is 0 Å². The molecule has 0 amide bonds. The van der Waals surface area contributed by atoms with Gasteiger partial charge in [-0.15, -0.1) is 0 Å². The number of rotatable bonds is 4. The van der Waals surface area contributed by atoms with E-state index in [0.717, 1.165) is 18.6 Å². The first-order valence-corrected chi connectivity index (χ1v) is 7.50. The van der Waals surface area contributed by atoms with Gasteiger partial charge in [0.25, 0.3) is 0 Å². The summed E-state index contributed by atoms with van der Waals surface area (Å²) < 4.78 is 5.57. The summed E-state index contributed by atoms with van der Waals surface area (Å²) in [6.07, 6.45) is 4.15. The molecule has 1 aromatic heterocycles. The van der Waals surface area contributed by atoms with Crippen molar-refractivity contribution in [3.8, 4) is 5.75 Å². The van der Waals surface area contributed by atoms with Gasteiger partial charge in [0, 0.05) is 29.4 Å². The van der Waals surface area contributed by atoms with E-state index in [-0.39, 0.29) is 6.04 Å². The van der Waals surface area contributed by atoms with Crippen LogP contribution in [0.15, 0.2) is 36.5 Å². The second kappa shape index (κ2) is 5.86. The minimum Gasteiger partial charge on any atom is -0.496 e. The Morgan fingerprint density at radius 2 is 2.19 bits per heavy atom. The predicted molar refractivity (Wildman–Crippen MR) is 84.8 cm³/mol. The molecule has 1 N–H and O–H groups in total. The van der Waals surface area contributed by atoms with Crippen molar-refractivity contribution in [2.24, 2.45) is 0 Å². The normalized spacial score (nSPS) is 18.3. The average molecular weight is 282 g/mol. The fraction of sp³-hybridized carbons (Fsp3) is 0.389. The minimum atomic E-state index is 0.232. The molecule has 2 aromatic rings. The van der Waals surface area contributed by atoms with Gasteiger partial charge in [0.15, 0.2) is 0 Å². The predicted octanol–water partition coefficient (Wildman–Crippen LogP) is 3.39. The Morgan fingerprint density at radius 1 is 1.33 bits per heavy atom. The van der Waals surface area contributed by atoms with Crippen molar-refractivity contribution < 1.29 is 4.74 Å². The highest BCUT2D eigenvalue weighted by Gasteiger charge is 2.32. The third-order valence-corrected chi connectivity index (χ3v) is 4.44. The molecular weight excluding hydrogens is 260 g/mol. The van der Waals surface area contributed by atoms with E-state index >= 15 is 0 Å². The van der Waals surface area contributed by atoms with E-state index < -0.39 is 0 Å². The third kappa shape index (κ3) is 2.54. The number of hydrogen-bond acceptors (Lipinski definition) is 3. The molecule has 0 bridgehead atoms. The standard InChI is InChI=1S/C18H22N2O/c1-12-6-9-16(21-3)15(11-12)18(19-2)14-8-7-13-5-4-10-20-17(13)14/h4-6,9-11,14,18-19H,7-8H2,1-3H3. The molecule has 1 aliphatic carbocycles. The second-order valence-corrected chi connectivity index (χ2v) is 5.70. The van der Waals surface area contributed by atoms with Crippen LogP contribution in [0.1, 0.15) is 40.8 Å². The zero-order chi connectivity index (χ0) is 14.8. The summed E-state index contributed by atoms with van der Waals surface area (Å²) in [6.45, 7) is 2.12. The Hall–Kier alpha value is -1.87. The van der Waals surface area contributed by atoms with Crippen LogP contribution >= 0.6 is 0 Å². The van der Waals surface area contributed by atoms with Crippen molar-refractivity contribution in [2.75, 3.05) is 14.2 Å². The van der Waals surface area contributed by atoms with Crippen molar-refractivity contribution in [3.05, 3.63) is 58.9 Å². The zero-order valence-corrected chi connectivity index (χ0v) is 12.9. The number of aromatic nitrogens is 1. The largest absolute Gasteiger partial charge is 0.496 e. The molecule has 0 aliphatic heterocycles. The van der Waals surface area contributed by atoms with Crippen LogP contribution in [-0.2, 0) is 6.42 Å². The summed E-state index contributed by atoms with van der Waals surface area (Å²) in [7, 11) is 3.76. The van der Waals surface area contributed by atoms with E-state index in [1.807, 2.05) is 19.3 Å². The number of likely N-dealkylation sites (N-methyl/N-ethyl adjacent to an activating group) is 1. The molecule has 0 saturated heterocycles. The Morgan fingerprint density at radius 3 is 2.95 bits per heavy atom. The van der Waals surface area contributed by atoms with Gasteiger partial charge in [-0.2, -0.15) is 0 Å². The number of methoxy groups -OCH3 is 1. The SMILES string of the molecule is CNC(c1cc(C)ccc1OC)C1CCc2cccnc21. The second-order valence-electron chi connectivity index (χ2n) is 5.70. The number of nitrogens with one attached hydrogen (secondary N) is 1. The van der Waals surface area contributed by atoms with Gasteiger partial charge in [-0.05, 0) is 44.5 Å². The number of hydrogen-bond donors (Lipinski definition) is 1. The highest BCUT2D eigenvalue weighted by atomic mass is 16.5. The van der Waals surface area contributed by atoms with Gasteiger partial charge in [0.05, 0.1) is 7.11 Å². The molecule has 1 heterocycles. The summed E-state index contributed by atoms with van der Waals surface area (Å²) >= 11 is 0. The molecule has 0 fully saturated rings. The molecule has 1 aromatic carbocycles. The maximum Gasteiger partial charge on any atom is 0.123 e. The number of fused-ring (bicyclic) bond motifs is 1. The maximum absolute atomic E-state index is 5.57. The van der Waals surface area contributed by atoms with Gasteiger partial charge in [-0.25, -0.2) is 0 Å². The van der Waals surface area contributed by atoms with E-state index in [2.05, 4.69) is 41.5 Å². The van der Waals surface area contributed by atoms with Crippen molar-refractivity contribution in [3.63, 3.8) is 0 Å². The van der Waals surface area contributed by atoms with Crippen LogP contribution in [-0.4, -0.2) is 19.1 Å². The lowest BCUT2D eigenvalue weighted by Gasteiger charge is -2.26. The highest BCUT2D eigenvalue weighted by molar-refractivity contribution is 5.42. The quantitative estimate of drug-likeness (QED) is 0.933. The summed E-state index contributed by atoms with van der Waals surface area (Å²) in [5, 5.41) is 3.48. The first-order chi connectivity index (χ1) is 10.2. The van der Waals surface area contributed by atoms with E-state index in [1.54, 1.807) is 7.11 Å². The first kappa shape index (κ1) is 14.1. The van der Waals surface area contributed by atoms with Crippen molar-refractivity contribution >= 4 is 0 Å². The molecule has 0 spiro atoms. The molecule has 3 nitrogen and oxygen atoms in total. The van der Waals surface area contributed by atoms with Gasteiger partial charge < -0.3 is 10.1 Å². The summed E-state index contributed by atoms with van der Waals surface area (Å²) in [5.74, 6) is 1.35. The van der Waals surface area contributed by atoms with E-state index in [4.69, 9.17) is 4.74 Å². The molecular formula is C18H22N2O. The highest BCUT2D eigenvalue weighted by Crippen LogP contribution is 2.42. The molecule has 110 valence electrons. The van der Waals surface area contributed by atoms with Gasteiger partial charge >= 0.3 is 0 Å². The number of pyridine rings is 1. The van der Waals surface area contributed by atoms with Gasteiger partial charge in [-0.1, -0.05) is 23.8 Å². The van der Waals surface area contributed by atoms with E-state index in [1.165, 1.54) is 22.4 Å². The number of aryl methyl sites for hydroxylation is 2. The average Bonchev–Trinajstić information content (AvgIpc) is 2.93. The number of benzene rings is 1. The monoisotopic (exact) mass is 282 g/mol. The Labute approximate surface area is 126 Å². The molecule has 3 rings (SSSR count). The van der Waals surface area contributed by atoms with E-state index in [9.17, 15) is 0 Å². The Kier molecular flexibility index (Phi) is 3.93. The molecule has 0 saturated carbocycles. The van der Waals surface area contributed by atoms with Crippen LogP contribution in [0.4, 0.5) is 0 Å². The summed E-state index contributed by atoms with van der Waals surface area (Å²) in [5.41, 5.74) is 5.10. The van der Waals surface area contributed by atoms with Crippen LogP contribution in [0.25, 0.3) is 0 Å². The van der Waals surface area contributed by atoms with Crippen LogP contribution in [0.5, 0.6) is 5.75 Å². The fourth-order valence-corrected chi connectivity index (χ4v) is 3.44. The number of ether oxygens (including phenoxy) is 1. The zero-order valence-electron chi connectivity index (χ0n) is 12.9. The lowest BCUT2D eigenvalue weighted by Crippen LogP contribution is -2.24. The topological polar surface area (TPSA) is 34.1 Å². The lowest BCUT2D eigenvalue weighted by atomic mass is 9.89. The van der Waals surface area contributed by atoms with Crippen LogP contribution in [0.3, 0.4) is 0 Å². The van der Waals surface area contributed by atoms with Crippen molar-refractivity contribution in [2.45, 2.75) is 31.7 Å². The third-order valence-electron chi connectivity index (χ3n) is 4.44. The Balaban J connectivity index is 2.02. The van der Waals surface area contributed by atoms with Gasteiger partial charge in [-0.3, -0.25) is 4.98 Å². The lowest BCUT2D eigenvalue weighted by molar-refractivity contribution is 0.389. The first-order valence-electron chi connectivity index (χ1n) is 7.50. The summed E-state index contributed by atoms with van der Waals surface area (Å²) in [6, 6.07) is 10.8. The minimum absolute atomic E-state index is 0.232. The molecule has 21 heavy (non-hydrogen) atoms. The molecule has 2 atom stereocenters. The number of nitrogens with zero attached hydrogens (tertiary/aromatic N) is 1. The van der Waals surface area contributed by atoms with Crippen LogP contribution in [0, 0.1) is 6.92 Å². The van der Waals surface area contributed by atoms with Gasteiger partial charge in [0.2, 0.25) is 0 Å². The smallest absolute Gasteiger partial charge is 0.123 e. The fourth-order valence-electron chi connectivity index (χ4n) is 3.44. The molecule has 0 radical (unpaired) electrons. The molecule has 1 aliphatic rings. The van der Waals surface area contributed by atoms with Crippen molar-refractivity contribution in [1.29, 1.82) is 0 Å². The van der Waals surface area contributed by atoms with Crippen LogP contribution < -0.4 is 10.1 Å². The van der Waals surface area contributed by atoms with Crippen molar-refractivity contribution in [1.82, 2.24) is 10.3 Å². The molecule has 3 heteroatoms. The van der Waals surface area contributed by atoms with Gasteiger partial charge in [0.1, 0.15) is 5.75 Å². The van der Waals surface area contributed by atoms with E-state index in [0.29, 0.717) is 5.92 Å². The Bertz CT molecular complexity index is 639. The maximum atomic E-state index is 5.57.